The van der Waals surface area contributed by atoms with Gasteiger partial charge in [-0.25, -0.2) is 19.0 Å². The highest BCUT2D eigenvalue weighted by Gasteiger charge is 2.29. The Bertz CT molecular complexity index is 2750. The summed E-state index contributed by atoms with van der Waals surface area (Å²) in [6, 6.07) is 7.89. The van der Waals surface area contributed by atoms with Crippen LogP contribution in [0.5, 0.6) is 11.5 Å². The average molecular weight is 921 g/mol. The lowest BCUT2D eigenvalue weighted by Crippen LogP contribution is -2.13. The molecule has 4 aromatic heterocycles. The number of carbonyl (C=O) groups is 4. The second-order valence-corrected chi connectivity index (χ2v) is 18.7. The summed E-state index contributed by atoms with van der Waals surface area (Å²) in [7, 11) is 0. The number of nitrogens with two attached hydrogens (primary N) is 2. The van der Waals surface area contributed by atoms with Gasteiger partial charge in [-0.3, -0.25) is 9.59 Å². The van der Waals surface area contributed by atoms with E-state index in [2.05, 4.69) is 63.7 Å². The molecule has 0 saturated carbocycles. The Kier molecular flexibility index (Phi) is 13.1. The maximum Gasteiger partial charge on any atom is 0.335 e. The van der Waals surface area contributed by atoms with Crippen LogP contribution in [0, 0.1) is 0 Å². The highest BCUT2D eigenvalue weighted by Crippen LogP contribution is 2.44. The molecule has 0 spiro atoms. The fourth-order valence-corrected chi connectivity index (χ4v) is 8.69. The SMILES string of the molecule is CC(C)(C)c1nn(-c2cc(OC=O)cc(C(=O)O)c2)c(N)c1N=Nc1nnc(SC(CS)c2nnc(N=Nc3c(C(C)(C)C)nn(-c4cc(OC=O)cc(C(=O)O)c4)c3N)s2)s1. The number of aromatic nitrogens is 8. The first-order chi connectivity index (χ1) is 29.3. The molecule has 0 aliphatic heterocycles. The van der Waals surface area contributed by atoms with Gasteiger partial charge in [0.1, 0.15) is 16.5 Å². The first-order valence-corrected chi connectivity index (χ1v) is 21.0. The smallest absolute Gasteiger partial charge is 0.335 e. The van der Waals surface area contributed by atoms with Crippen molar-refractivity contribution >= 4 is 105 Å². The van der Waals surface area contributed by atoms with Crippen molar-refractivity contribution in [2.75, 3.05) is 17.2 Å². The number of carboxylic acid groups (broad SMARTS) is 2. The van der Waals surface area contributed by atoms with E-state index in [1.807, 2.05) is 41.5 Å². The summed E-state index contributed by atoms with van der Waals surface area (Å²) in [5.41, 5.74) is 13.4. The molecule has 0 bridgehead atoms. The number of carbonyl (C=O) groups excluding carboxylic acids is 2. The highest BCUT2D eigenvalue weighted by molar-refractivity contribution is 8.02. The Balaban J connectivity index is 1.23. The number of carboxylic acids is 2. The van der Waals surface area contributed by atoms with Crippen molar-refractivity contribution in [3.63, 3.8) is 0 Å². The highest BCUT2D eigenvalue weighted by atomic mass is 32.2. The van der Waals surface area contributed by atoms with Crippen LogP contribution in [0.15, 0.2) is 61.2 Å². The molecule has 4 heterocycles. The van der Waals surface area contributed by atoms with Gasteiger partial charge in [0.05, 0.1) is 39.1 Å². The standard InChI is InChI=1S/C36H36N14O8S4/c1-35(2,3)25-23(27(37)49(47-25)18-7-16(30(53)54)9-20(11-18)57-14-51)39-42-32-44-41-29(61-32)22(13-59)60-34-46-45-33(62-34)43-40-24-26(36(4,5)6)48-50(28(24)38)19-8-17(31(55)56)10-21(12-19)58-15-52/h7-12,14-15,22,59H,13,37-38H2,1-6H3,(H,53,54)(H,55,56). The van der Waals surface area contributed by atoms with Gasteiger partial charge in [-0.05, 0) is 24.3 Å². The first kappa shape index (κ1) is 44.9. The maximum absolute atomic E-state index is 11.8. The number of thiol groups is 1. The molecular weight excluding hydrogens is 885 g/mol. The number of azo groups is 2. The van der Waals surface area contributed by atoms with E-state index in [-0.39, 0.29) is 85.5 Å². The molecule has 0 aliphatic carbocycles. The van der Waals surface area contributed by atoms with Gasteiger partial charge in [-0.2, -0.15) is 22.8 Å². The van der Waals surface area contributed by atoms with Crippen LogP contribution in [0.3, 0.4) is 0 Å². The second-order valence-electron chi connectivity index (χ2n) is 14.9. The number of rotatable bonds is 16. The summed E-state index contributed by atoms with van der Waals surface area (Å²) in [4.78, 5) is 45.6. The molecule has 6 aromatic rings. The van der Waals surface area contributed by atoms with Crippen LogP contribution in [-0.4, -0.2) is 80.8 Å². The molecule has 0 saturated heterocycles. The first-order valence-electron chi connectivity index (χ1n) is 17.8. The molecule has 1 unspecified atom stereocenters. The van der Waals surface area contributed by atoms with Crippen LogP contribution < -0.4 is 20.9 Å². The van der Waals surface area contributed by atoms with E-state index >= 15 is 0 Å². The molecular formula is C36H36N14O8S4. The molecule has 62 heavy (non-hydrogen) atoms. The van der Waals surface area contributed by atoms with Crippen LogP contribution in [0.4, 0.5) is 33.3 Å². The van der Waals surface area contributed by atoms with Gasteiger partial charge in [0.2, 0.25) is 0 Å². The van der Waals surface area contributed by atoms with Gasteiger partial charge in [0.15, 0.2) is 27.4 Å². The number of ether oxygens (including phenoxy) is 2. The zero-order valence-electron chi connectivity index (χ0n) is 33.4. The summed E-state index contributed by atoms with van der Waals surface area (Å²) in [5, 5.41) is 63.4. The molecule has 22 nitrogen and oxygen atoms in total. The van der Waals surface area contributed by atoms with Gasteiger partial charge < -0.3 is 31.2 Å². The molecule has 322 valence electrons. The average Bonchev–Trinajstić information content (AvgIpc) is 4.01. The number of nitrogen functional groups attached to an aromatic ring is 2. The molecule has 26 heteroatoms. The number of hydrogen-bond donors (Lipinski definition) is 5. The van der Waals surface area contributed by atoms with Crippen molar-refractivity contribution in [2.24, 2.45) is 20.5 Å². The Morgan fingerprint density at radius 3 is 1.61 bits per heavy atom. The van der Waals surface area contributed by atoms with Crippen LogP contribution in [-0.2, 0) is 20.4 Å². The van der Waals surface area contributed by atoms with Crippen LogP contribution in [0.2, 0.25) is 0 Å². The maximum atomic E-state index is 11.8. The van der Waals surface area contributed by atoms with E-state index in [9.17, 15) is 29.4 Å². The monoisotopic (exact) mass is 920 g/mol. The van der Waals surface area contributed by atoms with Gasteiger partial charge in [0, 0.05) is 28.7 Å². The molecule has 2 aromatic carbocycles. The third-order valence-corrected chi connectivity index (χ3v) is 12.1. The Morgan fingerprint density at radius 1 is 0.742 bits per heavy atom. The molecule has 1 atom stereocenters. The van der Waals surface area contributed by atoms with Crippen molar-refractivity contribution < 1.29 is 38.9 Å². The number of thioether (sulfide) groups is 1. The Labute approximate surface area is 368 Å². The lowest BCUT2D eigenvalue weighted by atomic mass is 9.91. The summed E-state index contributed by atoms with van der Waals surface area (Å²) in [6.45, 7) is 11.7. The number of hydrogen-bond acceptors (Lipinski definition) is 22. The zero-order chi connectivity index (χ0) is 45.1. The number of anilines is 2. The molecule has 6 rings (SSSR count). The van der Waals surface area contributed by atoms with E-state index in [0.717, 1.165) is 22.7 Å². The van der Waals surface area contributed by atoms with Crippen molar-refractivity contribution in [1.82, 2.24) is 40.0 Å². The van der Waals surface area contributed by atoms with E-state index < -0.39 is 22.8 Å². The van der Waals surface area contributed by atoms with Crippen LogP contribution in [0.25, 0.3) is 11.4 Å². The van der Waals surface area contributed by atoms with Crippen LogP contribution >= 0.6 is 47.1 Å². The predicted molar refractivity (Wildman–Crippen MR) is 231 cm³/mol. The Morgan fingerprint density at radius 2 is 1.19 bits per heavy atom. The van der Waals surface area contributed by atoms with Crippen molar-refractivity contribution in [1.29, 1.82) is 0 Å². The van der Waals surface area contributed by atoms with Gasteiger partial charge in [-0.1, -0.05) is 76.0 Å². The second kappa shape index (κ2) is 18.1. The van der Waals surface area contributed by atoms with E-state index in [1.54, 1.807) is 0 Å². The third kappa shape index (κ3) is 9.93. The van der Waals surface area contributed by atoms with Gasteiger partial charge >= 0.3 is 11.9 Å². The molecule has 6 N–H and O–H groups in total. The van der Waals surface area contributed by atoms with Gasteiger partial charge in [-0.15, -0.1) is 40.9 Å². The summed E-state index contributed by atoms with van der Waals surface area (Å²) < 4.78 is 12.9. The largest absolute Gasteiger partial charge is 0.478 e. The fourth-order valence-electron chi connectivity index (χ4n) is 5.51. The fraction of sp³-hybridized carbons (Fsp3) is 0.278. The minimum atomic E-state index is -1.25. The zero-order valence-corrected chi connectivity index (χ0v) is 36.8. The van der Waals surface area contributed by atoms with E-state index in [4.69, 9.17) is 20.9 Å². The molecule has 0 radical (unpaired) electrons. The Hall–Kier alpha value is -6.64. The number of nitrogens with zero attached hydrogens (tertiary/aromatic N) is 12. The minimum absolute atomic E-state index is 0.0192. The van der Waals surface area contributed by atoms with Crippen molar-refractivity contribution in [3.05, 3.63) is 63.9 Å². The third-order valence-electron chi connectivity index (χ3n) is 8.33. The summed E-state index contributed by atoms with van der Waals surface area (Å²) >= 11 is 8.16. The molecule has 0 fully saturated rings. The van der Waals surface area contributed by atoms with Crippen molar-refractivity contribution in [2.45, 2.75) is 62.0 Å². The van der Waals surface area contributed by atoms with E-state index in [0.29, 0.717) is 26.5 Å². The normalized spacial score (nSPS) is 12.6. The number of aromatic carboxylic acids is 2. The molecule has 0 amide bonds. The van der Waals surface area contributed by atoms with Crippen LogP contribution in [0.1, 0.15) is 83.9 Å². The number of benzene rings is 2. The van der Waals surface area contributed by atoms with Crippen molar-refractivity contribution in [3.8, 4) is 22.9 Å². The quantitative estimate of drug-likeness (QED) is 0.0270. The predicted octanol–water partition coefficient (Wildman–Crippen LogP) is 7.58. The summed E-state index contributed by atoms with van der Waals surface area (Å²) in [5.74, 6) is -2.11. The molecule has 0 aliphatic rings. The minimum Gasteiger partial charge on any atom is -0.478 e. The van der Waals surface area contributed by atoms with Gasteiger partial charge in [0.25, 0.3) is 23.2 Å². The van der Waals surface area contributed by atoms with E-state index in [1.165, 1.54) is 57.5 Å². The lowest BCUT2D eigenvalue weighted by Gasteiger charge is -2.15. The topological polar surface area (TPSA) is 316 Å². The summed E-state index contributed by atoms with van der Waals surface area (Å²) in [6.07, 6.45) is 0. The lowest BCUT2D eigenvalue weighted by molar-refractivity contribution is -0.121.